The van der Waals surface area contributed by atoms with E-state index in [0.717, 1.165) is 18.1 Å². The molecule has 0 radical (unpaired) electrons. The molecule has 0 spiro atoms. The molecule has 0 saturated carbocycles. The van der Waals surface area contributed by atoms with Gasteiger partial charge in [0, 0.05) is 36.9 Å². The molecule has 1 fully saturated rings. The minimum atomic E-state index is -4.44. The van der Waals surface area contributed by atoms with Crippen LogP contribution in [0.2, 0.25) is 0 Å². The second-order valence-electron chi connectivity index (χ2n) is 8.47. The van der Waals surface area contributed by atoms with Gasteiger partial charge >= 0.3 is 12.2 Å². The Balaban J connectivity index is 1.55. The molecule has 2 amide bonds. The zero-order valence-electron chi connectivity index (χ0n) is 18.1. The minimum absolute atomic E-state index is 0.00890. The second kappa shape index (κ2) is 10.0. The average Bonchev–Trinajstić information content (AvgIpc) is 2.82. The van der Waals surface area contributed by atoms with Gasteiger partial charge in [-0.1, -0.05) is 30.3 Å². The summed E-state index contributed by atoms with van der Waals surface area (Å²) in [5.74, 6) is -0.0435. The van der Waals surface area contributed by atoms with Crippen LogP contribution in [0.1, 0.15) is 48.1 Å². The number of ether oxygens (including phenoxy) is 1. The maximum atomic E-state index is 13.4. The largest absolute Gasteiger partial charge is 0.416 e. The molecule has 2 aliphatic rings. The number of halogens is 3. The lowest BCUT2D eigenvalue weighted by molar-refractivity contribution is -0.138. The van der Waals surface area contributed by atoms with Gasteiger partial charge in [0.1, 0.15) is 0 Å². The van der Waals surface area contributed by atoms with Crippen LogP contribution >= 0.6 is 0 Å². The van der Waals surface area contributed by atoms with Gasteiger partial charge in [0.05, 0.1) is 23.8 Å². The van der Waals surface area contributed by atoms with Crippen molar-refractivity contribution in [1.29, 1.82) is 0 Å². The van der Waals surface area contributed by atoms with E-state index in [0.29, 0.717) is 30.6 Å². The second-order valence-corrected chi connectivity index (χ2v) is 8.47. The number of fused-ring (bicyclic) bond motifs is 3. The van der Waals surface area contributed by atoms with Crippen LogP contribution in [0, 0.1) is 5.92 Å². The van der Waals surface area contributed by atoms with E-state index < -0.39 is 17.8 Å². The standard InChI is InChI=1S/C24H28F3N3O3/c25-24(26,27)16-7-10-20-19(13-16)22-18(21(30-20)15-5-2-1-3-6-15)9-8-17(33-22)14-29-23(32)28-11-4-12-31/h1-3,5-7,10,13,17-18,21-22,30-31H,4,8-9,11-12,14H2,(H2,28,29,32)/t17-,18+,21+,22+/m1/s1. The first-order valence-electron chi connectivity index (χ1n) is 11.2. The van der Waals surface area contributed by atoms with Gasteiger partial charge < -0.3 is 25.8 Å². The Hall–Kier alpha value is -2.78. The zero-order chi connectivity index (χ0) is 23.4. The Labute approximate surface area is 190 Å². The van der Waals surface area contributed by atoms with Crippen molar-refractivity contribution < 1.29 is 27.8 Å². The molecule has 9 heteroatoms. The number of carbonyl (C=O) groups excluding carboxylic acids is 1. The molecule has 2 aromatic carbocycles. The smallest absolute Gasteiger partial charge is 0.396 e. The highest BCUT2D eigenvalue weighted by Crippen LogP contribution is 2.51. The predicted molar refractivity (Wildman–Crippen MR) is 118 cm³/mol. The van der Waals surface area contributed by atoms with Crippen LogP contribution in [0.4, 0.5) is 23.7 Å². The fraction of sp³-hybridized carbons (Fsp3) is 0.458. The van der Waals surface area contributed by atoms with E-state index in [9.17, 15) is 18.0 Å². The molecule has 0 bridgehead atoms. The van der Waals surface area contributed by atoms with Crippen LogP contribution < -0.4 is 16.0 Å². The van der Waals surface area contributed by atoms with Crippen LogP contribution in [-0.2, 0) is 10.9 Å². The number of anilines is 1. The average molecular weight is 464 g/mol. The Bertz CT molecular complexity index is 955. The van der Waals surface area contributed by atoms with Gasteiger partial charge in [-0.15, -0.1) is 0 Å². The van der Waals surface area contributed by atoms with E-state index in [-0.39, 0.29) is 37.2 Å². The van der Waals surface area contributed by atoms with Gasteiger partial charge in [-0.25, -0.2) is 4.79 Å². The minimum Gasteiger partial charge on any atom is -0.396 e. The van der Waals surface area contributed by atoms with Gasteiger partial charge in [0.25, 0.3) is 0 Å². The molecule has 4 rings (SSSR count). The number of amides is 2. The van der Waals surface area contributed by atoms with E-state index in [1.807, 2.05) is 30.3 Å². The highest BCUT2D eigenvalue weighted by molar-refractivity contribution is 5.73. The molecule has 2 heterocycles. The van der Waals surface area contributed by atoms with Crippen molar-refractivity contribution in [1.82, 2.24) is 10.6 Å². The highest BCUT2D eigenvalue weighted by atomic mass is 19.4. The third-order valence-corrected chi connectivity index (χ3v) is 6.24. The number of rotatable bonds is 6. The number of benzene rings is 2. The lowest BCUT2D eigenvalue weighted by atomic mass is 9.76. The summed E-state index contributed by atoms with van der Waals surface area (Å²) in [6, 6.07) is 13.1. The molecule has 33 heavy (non-hydrogen) atoms. The molecule has 4 N–H and O–H groups in total. The Morgan fingerprint density at radius 2 is 1.91 bits per heavy atom. The van der Waals surface area contributed by atoms with E-state index in [4.69, 9.17) is 9.84 Å². The fourth-order valence-corrected chi connectivity index (χ4v) is 4.62. The number of aliphatic hydroxyl groups is 1. The predicted octanol–water partition coefficient (Wildman–Crippen LogP) is 4.39. The SMILES string of the molecule is O=C(NCCCO)NC[C@H]1CC[C@@H]2[C@H](O1)c1cc(C(F)(F)F)ccc1N[C@H]2c1ccccc1. The lowest BCUT2D eigenvalue weighted by Gasteiger charge is -2.46. The van der Waals surface area contributed by atoms with Gasteiger partial charge in [-0.05, 0) is 43.0 Å². The summed E-state index contributed by atoms with van der Waals surface area (Å²) in [5.41, 5.74) is 1.49. The first kappa shape index (κ1) is 23.4. The van der Waals surface area contributed by atoms with Crippen molar-refractivity contribution in [3.63, 3.8) is 0 Å². The lowest BCUT2D eigenvalue weighted by Crippen LogP contribution is -2.45. The summed E-state index contributed by atoms with van der Waals surface area (Å²) in [4.78, 5) is 11.9. The van der Waals surface area contributed by atoms with Crippen molar-refractivity contribution in [2.45, 2.75) is 43.7 Å². The molecule has 0 aliphatic carbocycles. The highest BCUT2D eigenvalue weighted by Gasteiger charge is 2.43. The number of alkyl halides is 3. The van der Waals surface area contributed by atoms with Crippen LogP contribution in [0.5, 0.6) is 0 Å². The molecule has 2 aromatic rings. The zero-order valence-corrected chi connectivity index (χ0v) is 18.1. The fourth-order valence-electron chi connectivity index (χ4n) is 4.62. The molecular formula is C24H28F3N3O3. The summed E-state index contributed by atoms with van der Waals surface area (Å²) in [7, 11) is 0. The van der Waals surface area contributed by atoms with Gasteiger partial charge in [-0.2, -0.15) is 13.2 Å². The summed E-state index contributed by atoms with van der Waals surface area (Å²) in [6.07, 6.45) is -3.40. The molecule has 0 unspecified atom stereocenters. The molecule has 2 aliphatic heterocycles. The Morgan fingerprint density at radius 3 is 2.64 bits per heavy atom. The third kappa shape index (κ3) is 5.42. The van der Waals surface area contributed by atoms with E-state index in [2.05, 4.69) is 16.0 Å². The van der Waals surface area contributed by atoms with Crippen LogP contribution in [-0.4, -0.2) is 36.9 Å². The molecule has 178 valence electrons. The molecular weight excluding hydrogens is 435 g/mol. The quantitative estimate of drug-likeness (QED) is 0.479. The van der Waals surface area contributed by atoms with Crippen LogP contribution in [0.3, 0.4) is 0 Å². The summed E-state index contributed by atoms with van der Waals surface area (Å²) in [5, 5.41) is 17.7. The maximum Gasteiger partial charge on any atom is 0.416 e. The van der Waals surface area contributed by atoms with Crippen LogP contribution in [0.25, 0.3) is 0 Å². The van der Waals surface area contributed by atoms with Crippen molar-refractivity contribution in [2.75, 3.05) is 25.0 Å². The number of carbonyl (C=O) groups is 1. The van der Waals surface area contributed by atoms with Crippen LogP contribution in [0.15, 0.2) is 48.5 Å². The van der Waals surface area contributed by atoms with E-state index >= 15 is 0 Å². The third-order valence-electron chi connectivity index (χ3n) is 6.24. The molecule has 6 nitrogen and oxygen atoms in total. The van der Waals surface area contributed by atoms with Gasteiger partial charge in [0.15, 0.2) is 0 Å². The molecule has 1 saturated heterocycles. The molecule has 0 aromatic heterocycles. The Kier molecular flexibility index (Phi) is 7.09. The number of aliphatic hydroxyl groups excluding tert-OH is 1. The maximum absolute atomic E-state index is 13.4. The summed E-state index contributed by atoms with van der Waals surface area (Å²) < 4.78 is 46.5. The van der Waals surface area contributed by atoms with E-state index in [1.165, 1.54) is 12.1 Å². The monoisotopic (exact) mass is 463 g/mol. The number of nitrogens with one attached hydrogen (secondary N) is 3. The van der Waals surface area contributed by atoms with Crippen molar-refractivity contribution in [2.24, 2.45) is 5.92 Å². The summed E-state index contributed by atoms with van der Waals surface area (Å²) >= 11 is 0. The first-order valence-corrected chi connectivity index (χ1v) is 11.2. The van der Waals surface area contributed by atoms with Crippen molar-refractivity contribution >= 4 is 11.7 Å². The van der Waals surface area contributed by atoms with Crippen molar-refractivity contribution in [3.05, 3.63) is 65.2 Å². The van der Waals surface area contributed by atoms with Crippen molar-refractivity contribution in [3.8, 4) is 0 Å². The van der Waals surface area contributed by atoms with Gasteiger partial charge in [-0.3, -0.25) is 0 Å². The molecule has 4 atom stereocenters. The summed E-state index contributed by atoms with van der Waals surface area (Å²) in [6.45, 7) is 0.605. The van der Waals surface area contributed by atoms with Gasteiger partial charge in [0.2, 0.25) is 0 Å². The number of hydrogen-bond acceptors (Lipinski definition) is 4. The van der Waals surface area contributed by atoms with E-state index in [1.54, 1.807) is 0 Å². The normalized spacial score (nSPS) is 24.2. The number of hydrogen-bond donors (Lipinski definition) is 4. The first-order chi connectivity index (χ1) is 15.9. The number of urea groups is 1. The topological polar surface area (TPSA) is 82.6 Å². The Morgan fingerprint density at radius 1 is 1.12 bits per heavy atom.